The maximum atomic E-state index is 12.4. The number of unbranched alkanes of at least 4 members (excludes halogenated alkanes) is 2. The topological polar surface area (TPSA) is 37.4 Å². The summed E-state index contributed by atoms with van der Waals surface area (Å²) in [6, 6.07) is 11.0. The second-order valence-corrected chi connectivity index (χ2v) is 6.31. The van der Waals surface area contributed by atoms with E-state index in [1.807, 2.05) is 0 Å². The van der Waals surface area contributed by atoms with Crippen LogP contribution in [-0.2, 0) is 10.0 Å². The molecule has 0 aromatic heterocycles. The molecule has 1 aromatic carbocycles. The molecule has 3 nitrogen and oxygen atoms in total. The van der Waals surface area contributed by atoms with E-state index >= 15 is 0 Å². The molecule has 1 rings (SSSR count). The average molecular weight is 312 g/mol. The Bertz CT molecular complexity index is 573. The van der Waals surface area contributed by atoms with Crippen LogP contribution in [0.4, 0.5) is 0 Å². The molecular weight excluding hydrogens is 294 g/mol. The van der Waals surface area contributed by atoms with E-state index < -0.39 is 10.0 Å². The molecule has 0 amide bonds. The lowest BCUT2D eigenvalue weighted by molar-refractivity contribution is 0.532. The van der Waals surface area contributed by atoms with Crippen LogP contribution in [-0.4, -0.2) is 25.1 Å². The smallest absolute Gasteiger partial charge is 0.221 e. The van der Waals surface area contributed by atoms with Gasteiger partial charge >= 0.3 is 0 Å². The molecule has 0 aliphatic carbocycles. The Morgan fingerprint density at radius 1 is 1.25 bits per heavy atom. The van der Waals surface area contributed by atoms with E-state index in [1.54, 1.807) is 30.3 Å². The van der Waals surface area contributed by atoms with Crippen molar-refractivity contribution in [2.24, 2.45) is 0 Å². The van der Waals surface area contributed by atoms with Crippen LogP contribution in [0, 0.1) is 12.0 Å². The normalized spacial score (nSPS) is 10.4. The summed E-state index contributed by atoms with van der Waals surface area (Å²) in [5.74, 6) is 3.47. The number of sulfonamides is 1. The summed E-state index contributed by atoms with van der Waals surface area (Å²) >= 11 is 5.58. The molecule has 1 aromatic rings. The second kappa shape index (κ2) is 8.68. The first kappa shape index (κ1) is 16.6. The van der Waals surface area contributed by atoms with Crippen molar-refractivity contribution in [3.63, 3.8) is 0 Å². The fourth-order valence-electron chi connectivity index (χ4n) is 1.49. The van der Waals surface area contributed by atoms with E-state index in [9.17, 15) is 8.42 Å². The van der Waals surface area contributed by atoms with Gasteiger partial charge in [-0.05, 0) is 25.0 Å². The number of halogens is 1. The minimum Gasteiger partial charge on any atom is -0.221 e. The van der Waals surface area contributed by atoms with Crippen molar-refractivity contribution in [1.29, 1.82) is 0 Å². The highest BCUT2D eigenvalue weighted by Gasteiger charge is 2.20. The van der Waals surface area contributed by atoms with Gasteiger partial charge in [-0.2, -0.15) is 0 Å². The zero-order valence-corrected chi connectivity index (χ0v) is 12.8. The largest absolute Gasteiger partial charge is 0.271 e. The van der Waals surface area contributed by atoms with Crippen LogP contribution in [0.3, 0.4) is 0 Å². The molecule has 0 saturated carbocycles. The third-order valence-corrected chi connectivity index (χ3v) is 4.47. The van der Waals surface area contributed by atoms with Gasteiger partial charge in [-0.3, -0.25) is 0 Å². The maximum Gasteiger partial charge on any atom is 0.271 e. The molecule has 0 bridgehead atoms. The Morgan fingerprint density at radius 2 is 1.95 bits per heavy atom. The van der Waals surface area contributed by atoms with Crippen LogP contribution in [0.15, 0.2) is 47.9 Å². The van der Waals surface area contributed by atoms with Crippen molar-refractivity contribution in [2.45, 2.75) is 24.2 Å². The molecule has 0 heterocycles. The first-order chi connectivity index (χ1) is 9.62. The quantitative estimate of drug-likeness (QED) is 0.255. The van der Waals surface area contributed by atoms with Crippen molar-refractivity contribution >= 4 is 21.6 Å². The molecule has 0 fully saturated rings. The Balaban J connectivity index is 2.87. The van der Waals surface area contributed by atoms with Crippen LogP contribution >= 0.6 is 11.6 Å². The lowest BCUT2D eigenvalue weighted by Crippen LogP contribution is -2.26. The number of alkyl halides is 1. The fraction of sp³-hybridized carbons (Fsp3) is 0.333. The highest BCUT2D eigenvalue weighted by molar-refractivity contribution is 7.89. The lowest BCUT2D eigenvalue weighted by atomic mass is 10.3. The van der Waals surface area contributed by atoms with Gasteiger partial charge in [0.2, 0.25) is 0 Å². The summed E-state index contributed by atoms with van der Waals surface area (Å²) in [4.78, 5) is 0.233. The maximum absolute atomic E-state index is 12.4. The monoisotopic (exact) mass is 311 g/mol. The Morgan fingerprint density at radius 3 is 2.55 bits per heavy atom. The minimum atomic E-state index is -3.59. The number of benzene rings is 1. The molecular formula is C15H18ClNO2S. The zero-order valence-electron chi connectivity index (χ0n) is 11.3. The van der Waals surface area contributed by atoms with Crippen molar-refractivity contribution in [1.82, 2.24) is 4.31 Å². The number of hydrogen-bond acceptors (Lipinski definition) is 2. The van der Waals surface area contributed by atoms with Crippen molar-refractivity contribution < 1.29 is 8.42 Å². The van der Waals surface area contributed by atoms with E-state index in [0.29, 0.717) is 12.3 Å². The van der Waals surface area contributed by atoms with Gasteiger partial charge in [-0.25, -0.2) is 12.7 Å². The number of nitrogens with zero attached hydrogens (tertiary/aromatic N) is 1. The summed E-state index contributed by atoms with van der Waals surface area (Å²) in [7, 11) is -3.59. The molecule has 0 aliphatic rings. The van der Waals surface area contributed by atoms with E-state index in [0.717, 1.165) is 17.1 Å². The van der Waals surface area contributed by atoms with Crippen LogP contribution in [0.25, 0.3) is 0 Å². The molecule has 0 spiro atoms. The van der Waals surface area contributed by atoms with Crippen LogP contribution in [0.5, 0.6) is 0 Å². The average Bonchev–Trinajstić information content (AvgIpc) is 2.46. The van der Waals surface area contributed by atoms with Gasteiger partial charge in [0.05, 0.1) is 11.4 Å². The van der Waals surface area contributed by atoms with Gasteiger partial charge in [-0.15, -0.1) is 18.2 Å². The van der Waals surface area contributed by atoms with Gasteiger partial charge in [0.1, 0.15) is 0 Å². The number of hydrogen-bond donors (Lipinski definition) is 0. The third-order valence-electron chi connectivity index (χ3n) is 2.52. The van der Waals surface area contributed by atoms with Crippen molar-refractivity contribution in [3.05, 3.63) is 43.0 Å². The highest BCUT2D eigenvalue weighted by atomic mass is 35.5. The molecule has 108 valence electrons. The van der Waals surface area contributed by atoms with Crippen molar-refractivity contribution in [2.75, 3.05) is 12.4 Å². The minimum absolute atomic E-state index is 0.166. The summed E-state index contributed by atoms with van der Waals surface area (Å²) in [5, 5.41) is 0. The predicted molar refractivity (Wildman–Crippen MR) is 82.9 cm³/mol. The molecule has 0 saturated heterocycles. The molecule has 20 heavy (non-hydrogen) atoms. The standard InChI is InChI=1S/C15H18ClNO2S/c1-2-13-17(14-9-4-3-8-12-16)20(18,19)15-10-6-5-7-11-15/h2,5-7,10-11H,1,3-4,8,12-13H2. The molecule has 0 aliphatic heterocycles. The molecule has 0 radical (unpaired) electrons. The first-order valence-electron chi connectivity index (χ1n) is 6.36. The van der Waals surface area contributed by atoms with Crippen LogP contribution < -0.4 is 0 Å². The summed E-state index contributed by atoms with van der Waals surface area (Å²) in [6.45, 7) is 3.74. The zero-order chi connectivity index (χ0) is 14.8. The molecule has 5 heteroatoms. The van der Waals surface area contributed by atoms with E-state index in [2.05, 4.69) is 18.5 Å². The van der Waals surface area contributed by atoms with E-state index in [4.69, 9.17) is 11.6 Å². The van der Waals surface area contributed by atoms with Gasteiger partial charge < -0.3 is 0 Å². The number of rotatable bonds is 7. The SMILES string of the molecule is C=CCN(C#CCCCCCl)S(=O)(=O)c1ccccc1. The summed E-state index contributed by atoms with van der Waals surface area (Å²) < 4.78 is 25.9. The van der Waals surface area contributed by atoms with Gasteiger partial charge in [0.25, 0.3) is 10.0 Å². The van der Waals surface area contributed by atoms with Gasteiger partial charge in [-0.1, -0.05) is 30.2 Å². The van der Waals surface area contributed by atoms with E-state index in [1.165, 1.54) is 6.08 Å². The Kier molecular flexibility index (Phi) is 7.21. The van der Waals surface area contributed by atoms with Gasteiger partial charge in [0.15, 0.2) is 0 Å². The molecule has 0 unspecified atom stereocenters. The Labute approximate surface area is 126 Å². The van der Waals surface area contributed by atoms with Crippen LogP contribution in [0.1, 0.15) is 19.3 Å². The molecule has 0 N–H and O–H groups in total. The lowest BCUT2D eigenvalue weighted by Gasteiger charge is -2.15. The highest BCUT2D eigenvalue weighted by Crippen LogP contribution is 2.14. The van der Waals surface area contributed by atoms with Crippen LogP contribution in [0.2, 0.25) is 0 Å². The van der Waals surface area contributed by atoms with Gasteiger partial charge in [0, 0.05) is 18.3 Å². The summed E-state index contributed by atoms with van der Waals surface area (Å²) in [5.41, 5.74) is 0. The Hall–Kier alpha value is -1.44. The second-order valence-electron chi connectivity index (χ2n) is 4.07. The summed E-state index contributed by atoms with van der Waals surface area (Å²) in [6.07, 6.45) is 3.89. The van der Waals surface area contributed by atoms with Crippen molar-refractivity contribution in [3.8, 4) is 12.0 Å². The first-order valence-corrected chi connectivity index (χ1v) is 8.33. The predicted octanol–water partition coefficient (Wildman–Crippen LogP) is 3.23. The fourth-order valence-corrected chi connectivity index (χ4v) is 2.92. The van der Waals surface area contributed by atoms with E-state index in [-0.39, 0.29) is 11.4 Å². The third kappa shape index (κ3) is 4.92. The molecule has 0 atom stereocenters.